The van der Waals surface area contributed by atoms with Crippen LogP contribution in [0, 0.1) is 0 Å². The fourth-order valence-corrected chi connectivity index (χ4v) is 1.78. The Morgan fingerprint density at radius 3 is 2.04 bits per heavy atom. The molecule has 0 radical (unpaired) electrons. The van der Waals surface area contributed by atoms with Crippen molar-refractivity contribution >= 4 is 40.5 Å². The van der Waals surface area contributed by atoms with Gasteiger partial charge in [-0.2, -0.15) is 10.3 Å². The summed E-state index contributed by atoms with van der Waals surface area (Å²) in [7, 11) is 4.11. The van der Waals surface area contributed by atoms with Gasteiger partial charge < -0.3 is 15.7 Å². The molecule has 0 bridgehead atoms. The Morgan fingerprint density at radius 1 is 1.04 bits per heavy atom. The summed E-state index contributed by atoms with van der Waals surface area (Å²) < 4.78 is 0. The molecule has 1 heterocycles. The molecule has 0 saturated heterocycles. The molecule has 130 valence electrons. The summed E-state index contributed by atoms with van der Waals surface area (Å²) in [5.74, 6) is 0. The average molecular weight is 435 g/mol. The maximum Gasteiger partial charge on any atom is 2.00 e. The smallest absolute Gasteiger partial charge is 0.753 e. The maximum atomic E-state index is 7.13. The number of aromatic nitrogens is 1. The van der Waals surface area contributed by atoms with Crippen LogP contribution in [0.2, 0.25) is 0 Å². The number of hydrogen-bond donors (Lipinski definition) is 0. The van der Waals surface area contributed by atoms with E-state index in [-0.39, 0.29) is 19.5 Å². The molecule has 0 atom stereocenters. The fourth-order valence-electron chi connectivity index (χ4n) is 1.78. The van der Waals surface area contributed by atoms with Gasteiger partial charge in [0.2, 0.25) is 0 Å². The molecular formula is C18H19N5S2Zn. The minimum Gasteiger partial charge on any atom is -0.753 e. The molecule has 8 heteroatoms. The molecule has 2 rings (SSSR count). The Labute approximate surface area is 178 Å². The van der Waals surface area contributed by atoms with Crippen molar-refractivity contribution in [3.63, 3.8) is 0 Å². The van der Waals surface area contributed by atoms with Crippen molar-refractivity contribution in [3.8, 4) is 0 Å². The van der Waals surface area contributed by atoms with Crippen LogP contribution in [0.25, 0.3) is 10.8 Å². The number of rotatable bonds is 5. The van der Waals surface area contributed by atoms with Crippen molar-refractivity contribution in [2.75, 3.05) is 27.2 Å². The molecule has 0 aliphatic heterocycles. The average Bonchev–Trinajstić information content (AvgIpc) is 2.61. The van der Waals surface area contributed by atoms with E-state index < -0.39 is 0 Å². The number of likely N-dealkylation sites (N-methyl/N-ethyl adjacent to an activating group) is 1. The third-order valence-electron chi connectivity index (χ3n) is 2.77. The number of nitrogens with zero attached hydrogens (tertiary/aromatic N) is 5. The van der Waals surface area contributed by atoms with E-state index >= 15 is 0 Å². The summed E-state index contributed by atoms with van der Waals surface area (Å²) >= 11 is 7.40. The normalized spacial score (nSPS) is 9.27. The van der Waals surface area contributed by atoms with Gasteiger partial charge in [-0.25, -0.2) is 0 Å². The Bertz CT molecular complexity index is 641. The van der Waals surface area contributed by atoms with Gasteiger partial charge >= 0.3 is 19.5 Å². The molecule has 0 fully saturated rings. The maximum absolute atomic E-state index is 7.13. The van der Waals surface area contributed by atoms with Crippen molar-refractivity contribution < 1.29 is 19.5 Å². The number of benzene rings is 1. The first-order chi connectivity index (χ1) is 12.1. The number of hydrogen-bond acceptors (Lipinski definition) is 5. The quantitative estimate of drug-likeness (QED) is 0.407. The van der Waals surface area contributed by atoms with Crippen LogP contribution >= 0.6 is 24.4 Å². The molecule has 0 N–H and O–H groups in total. The molecule has 0 amide bonds. The Hall–Kier alpha value is -1.78. The van der Waals surface area contributed by atoms with E-state index in [2.05, 4.69) is 60.5 Å². The zero-order valence-electron chi connectivity index (χ0n) is 14.9. The molecule has 0 unspecified atom stereocenters. The molecule has 5 nitrogen and oxygen atoms in total. The number of pyridine rings is 1. The third kappa shape index (κ3) is 12.6. The van der Waals surface area contributed by atoms with Gasteiger partial charge in [0.1, 0.15) is 0 Å². The van der Waals surface area contributed by atoms with Crippen LogP contribution < -0.4 is 0 Å². The largest absolute Gasteiger partial charge is 2.00 e. The number of aliphatic imine (C=N–C) groups is 1. The topological polar surface area (TPSA) is 73.1 Å². The number of thiocarbonyl (C=S) groups is 2. The predicted molar refractivity (Wildman–Crippen MR) is 112 cm³/mol. The number of isothiocyanates is 2. The van der Waals surface area contributed by atoms with Crippen LogP contribution in [0.3, 0.4) is 0 Å². The second-order valence-electron chi connectivity index (χ2n) is 4.80. The van der Waals surface area contributed by atoms with Gasteiger partial charge in [0.05, 0.1) is 18.0 Å². The third-order valence-corrected chi connectivity index (χ3v) is 2.77. The van der Waals surface area contributed by atoms with Gasteiger partial charge in [0.25, 0.3) is 0 Å². The summed E-state index contributed by atoms with van der Waals surface area (Å²) in [5, 5.41) is 16.9. The van der Waals surface area contributed by atoms with Crippen molar-refractivity contribution in [2.24, 2.45) is 4.99 Å². The van der Waals surface area contributed by atoms with Gasteiger partial charge in [-0.3, -0.25) is 9.98 Å². The van der Waals surface area contributed by atoms with E-state index in [4.69, 9.17) is 15.8 Å². The Morgan fingerprint density at radius 2 is 1.58 bits per heavy atom. The predicted octanol–water partition coefficient (Wildman–Crippen LogP) is 3.80. The molecule has 0 aliphatic carbocycles. The molecule has 26 heavy (non-hydrogen) atoms. The first kappa shape index (κ1) is 26.5. The van der Waals surface area contributed by atoms with Gasteiger partial charge in [-0.15, -0.1) is 0 Å². The van der Waals surface area contributed by atoms with Crippen molar-refractivity contribution in [2.45, 2.75) is 0 Å². The molecule has 2 aromatic rings. The zero-order chi connectivity index (χ0) is 18.9. The van der Waals surface area contributed by atoms with E-state index in [9.17, 15) is 0 Å². The van der Waals surface area contributed by atoms with Crippen molar-refractivity contribution in [1.29, 1.82) is 0 Å². The van der Waals surface area contributed by atoms with Crippen LogP contribution in [0.4, 0.5) is 0 Å². The minimum absolute atomic E-state index is 0. The summed E-state index contributed by atoms with van der Waals surface area (Å²) in [6.07, 6.45) is 1.81. The second-order valence-corrected chi connectivity index (χ2v) is 5.16. The van der Waals surface area contributed by atoms with E-state index in [0.29, 0.717) is 0 Å². The van der Waals surface area contributed by atoms with Crippen LogP contribution in [0.5, 0.6) is 0 Å². The van der Waals surface area contributed by atoms with E-state index in [0.717, 1.165) is 30.1 Å². The van der Waals surface area contributed by atoms with E-state index in [1.54, 1.807) is 6.20 Å². The van der Waals surface area contributed by atoms with Gasteiger partial charge in [-0.05, 0) is 26.2 Å². The standard InChI is InChI=1S/C16H19N3.2CNS.Zn/c1-19(2)13-12-18-16(14-8-4-3-5-9-14)15-10-6-7-11-17-15;2*2-1-3;/h3-11H,12-13H2,1-2H3;;;/q;2*-1;+2. The van der Waals surface area contributed by atoms with E-state index in [1.807, 2.05) is 36.4 Å². The minimum atomic E-state index is 0. The van der Waals surface area contributed by atoms with Crippen LogP contribution in [-0.2, 0) is 19.5 Å². The molecular weight excluding hydrogens is 416 g/mol. The molecule has 0 aliphatic rings. The first-order valence-electron chi connectivity index (χ1n) is 7.29. The van der Waals surface area contributed by atoms with Gasteiger partial charge in [-0.1, -0.05) is 60.8 Å². The van der Waals surface area contributed by atoms with Crippen molar-refractivity contribution in [3.05, 3.63) is 76.8 Å². The molecule has 0 saturated carbocycles. The van der Waals surface area contributed by atoms with E-state index in [1.165, 1.54) is 10.3 Å². The van der Waals surface area contributed by atoms with Crippen molar-refractivity contribution in [1.82, 2.24) is 9.88 Å². The SMILES string of the molecule is CN(C)CCN=C(c1ccccc1)c1ccccn1.[N-]=C=S.[N-]=C=S.[Zn+2]. The van der Waals surface area contributed by atoms with Gasteiger partial charge in [0, 0.05) is 18.3 Å². The van der Waals surface area contributed by atoms with Gasteiger partial charge in [0.15, 0.2) is 0 Å². The summed E-state index contributed by atoms with van der Waals surface area (Å²) in [4.78, 5) is 11.3. The second kappa shape index (κ2) is 18.0. The van der Waals surface area contributed by atoms with Crippen LogP contribution in [-0.4, -0.2) is 53.1 Å². The Balaban J connectivity index is 0. The summed E-state index contributed by atoms with van der Waals surface area (Å²) in [6, 6.07) is 16.1. The fraction of sp³-hybridized carbons (Fsp3) is 0.222. The molecule has 0 spiro atoms. The zero-order valence-corrected chi connectivity index (χ0v) is 19.5. The van der Waals surface area contributed by atoms with Crippen LogP contribution in [0.15, 0.2) is 59.7 Å². The monoisotopic (exact) mass is 433 g/mol. The molecule has 1 aromatic heterocycles. The Kier molecular flexibility index (Phi) is 18.3. The van der Waals surface area contributed by atoms with Crippen LogP contribution in [0.1, 0.15) is 11.3 Å². The summed E-state index contributed by atoms with van der Waals surface area (Å²) in [6.45, 7) is 1.71. The first-order valence-corrected chi connectivity index (χ1v) is 8.10. The molecule has 1 aromatic carbocycles. The summed E-state index contributed by atoms with van der Waals surface area (Å²) in [5.41, 5.74) is 3.00.